The first kappa shape index (κ1) is 40.8. The third kappa shape index (κ3) is 8.28. The molecule has 2 aromatic heterocycles. The average Bonchev–Trinajstić information content (AvgIpc) is 3.71. The monoisotopic (exact) mass is 786 g/mol. The summed E-state index contributed by atoms with van der Waals surface area (Å²) >= 11 is 0. The molecule has 6 heterocycles. The number of rotatable bonds is 12. The average molecular weight is 787 g/mol. The van der Waals surface area contributed by atoms with E-state index in [0.717, 1.165) is 24.2 Å². The van der Waals surface area contributed by atoms with Crippen molar-refractivity contribution in [1.29, 1.82) is 0 Å². The Morgan fingerprint density at radius 2 is 1.03 bits per heavy atom. The minimum Gasteiger partial charge on any atom is -0.396 e. The van der Waals surface area contributed by atoms with E-state index in [-0.39, 0.29) is 72.1 Å². The van der Waals surface area contributed by atoms with Gasteiger partial charge in [0.1, 0.15) is 0 Å². The molecule has 2 amide bonds. The highest BCUT2D eigenvalue weighted by Gasteiger charge is 2.52. The number of fused-ring (bicyclic) bond motifs is 8. The maximum atomic E-state index is 13.1. The molecule has 0 radical (unpaired) electrons. The van der Waals surface area contributed by atoms with Crippen LogP contribution in [0.4, 0.5) is 0 Å². The molecule has 2 saturated heterocycles. The van der Waals surface area contributed by atoms with Crippen LogP contribution in [-0.2, 0) is 35.5 Å². The van der Waals surface area contributed by atoms with Crippen molar-refractivity contribution in [3.63, 3.8) is 0 Å². The van der Waals surface area contributed by atoms with Crippen molar-refractivity contribution in [2.75, 3.05) is 26.3 Å². The van der Waals surface area contributed by atoms with Crippen LogP contribution in [-0.4, -0.2) is 69.5 Å². The summed E-state index contributed by atoms with van der Waals surface area (Å²) in [7, 11) is 0. The van der Waals surface area contributed by atoms with Crippen LogP contribution in [0.1, 0.15) is 59.6 Å². The third-order valence-corrected chi connectivity index (χ3v) is 12.2. The smallest absolute Gasteiger partial charge is 0.258 e. The zero-order valence-corrected chi connectivity index (χ0v) is 33.1. The van der Waals surface area contributed by atoms with E-state index in [1.54, 1.807) is 21.3 Å². The van der Waals surface area contributed by atoms with Crippen LogP contribution in [0.25, 0.3) is 12.2 Å². The molecular formula is C46H54N6O6. The van der Waals surface area contributed by atoms with Crippen molar-refractivity contribution >= 4 is 24.0 Å². The number of amides is 2. The molecule has 0 aliphatic carbocycles. The summed E-state index contributed by atoms with van der Waals surface area (Å²) in [5.74, 6) is -1.39. The number of hydrogen-bond acceptors (Lipinski definition) is 8. The van der Waals surface area contributed by atoms with Crippen molar-refractivity contribution in [3.8, 4) is 0 Å². The van der Waals surface area contributed by atoms with Gasteiger partial charge in [-0.2, -0.15) is 0 Å². The number of hydrogen-bond donors (Lipinski definition) is 6. The van der Waals surface area contributed by atoms with Crippen molar-refractivity contribution in [2.24, 2.45) is 23.7 Å². The molecule has 4 bridgehead atoms. The fourth-order valence-corrected chi connectivity index (χ4v) is 9.33. The zero-order valence-electron chi connectivity index (χ0n) is 33.1. The van der Waals surface area contributed by atoms with Crippen molar-refractivity contribution < 1.29 is 19.8 Å². The largest absolute Gasteiger partial charge is 0.396 e. The predicted molar refractivity (Wildman–Crippen MR) is 225 cm³/mol. The SMILES string of the molecule is C/C=C/c1ccc2n(c1=O)C[C@H]1N[C@@H]2[C@@H](C(=O)NCCc2ccccc2)[C@@H]1CO.C/C=C\c1ccc2n(c1=O)C[C@H]1N[C@@H]2[C@@H](C(=O)NCCc2ccccc2)[C@@H]1CO. The van der Waals surface area contributed by atoms with Crippen molar-refractivity contribution in [3.05, 3.63) is 151 Å². The molecule has 2 fully saturated rings. The molecule has 4 aromatic rings. The van der Waals surface area contributed by atoms with Crippen LogP contribution in [0.5, 0.6) is 0 Å². The number of carbonyl (C=O) groups excluding carboxylic acids is 2. The lowest BCUT2D eigenvalue weighted by molar-refractivity contribution is -0.127. The minimum atomic E-state index is -0.401. The van der Waals surface area contributed by atoms with Gasteiger partial charge in [0.2, 0.25) is 11.8 Å². The Morgan fingerprint density at radius 3 is 1.40 bits per heavy atom. The van der Waals surface area contributed by atoms with Crippen LogP contribution in [0.2, 0.25) is 0 Å². The van der Waals surface area contributed by atoms with E-state index < -0.39 is 11.8 Å². The van der Waals surface area contributed by atoms with Crippen LogP contribution in [0.3, 0.4) is 0 Å². The Morgan fingerprint density at radius 1 is 0.638 bits per heavy atom. The van der Waals surface area contributed by atoms with Gasteiger partial charge in [-0.1, -0.05) is 85.0 Å². The molecule has 12 heteroatoms. The number of aliphatic hydroxyl groups is 2. The molecule has 8 atom stereocenters. The van der Waals surface area contributed by atoms with E-state index in [9.17, 15) is 29.4 Å². The van der Waals surface area contributed by atoms with E-state index >= 15 is 0 Å². The summed E-state index contributed by atoms with van der Waals surface area (Å²) in [6.07, 6.45) is 8.81. The summed E-state index contributed by atoms with van der Waals surface area (Å²) < 4.78 is 3.53. The summed E-state index contributed by atoms with van der Waals surface area (Å²) in [5.41, 5.74) is 5.17. The van der Waals surface area contributed by atoms with Crippen LogP contribution < -0.4 is 32.4 Å². The van der Waals surface area contributed by atoms with Gasteiger partial charge in [-0.05, 0) is 62.1 Å². The summed E-state index contributed by atoms with van der Waals surface area (Å²) in [4.78, 5) is 51.8. The number of carbonyl (C=O) groups is 2. The normalized spacial score (nSPS) is 25.2. The Kier molecular flexibility index (Phi) is 13.0. The maximum absolute atomic E-state index is 13.1. The Labute approximate surface area is 338 Å². The van der Waals surface area contributed by atoms with Crippen LogP contribution in [0, 0.1) is 23.7 Å². The van der Waals surface area contributed by atoms with Gasteiger partial charge in [-0.3, -0.25) is 19.2 Å². The number of aliphatic hydroxyl groups excluding tert-OH is 2. The number of nitrogens with zero attached hydrogens (tertiary/aromatic N) is 2. The second kappa shape index (κ2) is 18.5. The molecule has 0 spiro atoms. The lowest BCUT2D eigenvalue weighted by atomic mass is 9.86. The molecule has 12 nitrogen and oxygen atoms in total. The molecular weight excluding hydrogens is 733 g/mol. The second-order valence-electron chi connectivity index (χ2n) is 15.6. The second-order valence-corrected chi connectivity index (χ2v) is 15.6. The molecule has 4 aliphatic heterocycles. The number of benzene rings is 2. The molecule has 304 valence electrons. The predicted octanol–water partition coefficient (Wildman–Crippen LogP) is 2.98. The highest BCUT2D eigenvalue weighted by Crippen LogP contribution is 2.42. The van der Waals surface area contributed by atoms with E-state index in [0.29, 0.717) is 37.3 Å². The van der Waals surface area contributed by atoms with Gasteiger partial charge in [0.15, 0.2) is 0 Å². The highest BCUT2D eigenvalue weighted by molar-refractivity contribution is 5.81. The first-order valence-corrected chi connectivity index (χ1v) is 20.4. The van der Waals surface area contributed by atoms with Gasteiger partial charge in [-0.25, -0.2) is 0 Å². The van der Waals surface area contributed by atoms with Crippen molar-refractivity contribution in [2.45, 2.75) is 63.9 Å². The molecule has 58 heavy (non-hydrogen) atoms. The number of pyridine rings is 2. The van der Waals surface area contributed by atoms with Gasteiger partial charge in [0.25, 0.3) is 11.1 Å². The topological polar surface area (TPSA) is 167 Å². The van der Waals surface area contributed by atoms with Gasteiger partial charge in [0.05, 0.1) is 23.9 Å². The molecule has 0 unspecified atom stereocenters. The molecule has 8 rings (SSSR count). The Hall–Kier alpha value is -5.40. The van der Waals surface area contributed by atoms with Gasteiger partial charge in [0, 0.05) is 85.8 Å². The fourth-order valence-electron chi connectivity index (χ4n) is 9.33. The molecule has 6 N–H and O–H groups in total. The molecule has 0 saturated carbocycles. The third-order valence-electron chi connectivity index (χ3n) is 12.2. The van der Waals surface area contributed by atoms with Gasteiger partial charge in [-0.15, -0.1) is 0 Å². The Balaban J connectivity index is 0.000000177. The lowest BCUT2D eigenvalue weighted by Gasteiger charge is -2.28. The summed E-state index contributed by atoms with van der Waals surface area (Å²) in [6, 6.07) is 26.8. The maximum Gasteiger partial charge on any atom is 0.258 e. The fraction of sp³-hybridized carbons (Fsp3) is 0.391. The first-order chi connectivity index (χ1) is 28.3. The van der Waals surface area contributed by atoms with Crippen LogP contribution in [0.15, 0.2) is 107 Å². The lowest BCUT2D eigenvalue weighted by Crippen LogP contribution is -2.43. The van der Waals surface area contributed by atoms with Gasteiger partial charge >= 0.3 is 0 Å². The number of nitrogens with one attached hydrogen (secondary N) is 4. The first-order valence-electron chi connectivity index (χ1n) is 20.4. The van der Waals surface area contributed by atoms with Crippen molar-refractivity contribution in [1.82, 2.24) is 30.4 Å². The van der Waals surface area contributed by atoms with Gasteiger partial charge < -0.3 is 40.6 Å². The Bertz CT molecular complexity index is 2090. The van der Waals surface area contributed by atoms with E-state index in [2.05, 4.69) is 21.3 Å². The summed E-state index contributed by atoms with van der Waals surface area (Å²) in [6.45, 7) is 5.61. The van der Waals surface area contributed by atoms with Crippen LogP contribution >= 0.6 is 0 Å². The quantitative estimate of drug-likeness (QED) is 0.128. The van der Waals surface area contributed by atoms with E-state index in [1.165, 1.54) is 11.1 Å². The summed E-state index contributed by atoms with van der Waals surface area (Å²) in [5, 5.41) is 33.0. The zero-order chi connectivity index (χ0) is 40.8. The van der Waals surface area contributed by atoms with E-state index in [4.69, 9.17) is 0 Å². The highest BCUT2D eigenvalue weighted by atomic mass is 16.3. The molecule has 2 aromatic carbocycles. The number of aromatic nitrogens is 2. The van der Waals surface area contributed by atoms with E-state index in [1.807, 2.05) is 111 Å². The minimum absolute atomic E-state index is 0.0427. The standard InChI is InChI=1S/2C23H27N3O3/c2*1-2-6-16-9-10-19-21-20(17(14-27)18(25-21)13-26(19)23(16)29)22(28)24-12-11-15-7-4-3-5-8-15/h2*2-10,17-18,20-21,25,27H,11-14H2,1H3,(H,24,28)/b6-2+;6-2-/t2*17-,18-,20+,21+/m11/s1. The number of allylic oxidation sites excluding steroid dienone is 2. The molecule has 4 aliphatic rings.